The van der Waals surface area contributed by atoms with Crippen molar-refractivity contribution < 1.29 is 19.5 Å². The number of fused-ring (bicyclic) bond motifs is 1. The molecule has 2 amide bonds. The lowest BCUT2D eigenvalue weighted by atomic mass is 9.94. The summed E-state index contributed by atoms with van der Waals surface area (Å²) in [4.78, 5) is 44.2. The van der Waals surface area contributed by atoms with Crippen LogP contribution < -0.4 is 5.32 Å². The van der Waals surface area contributed by atoms with Gasteiger partial charge in [0.2, 0.25) is 11.8 Å². The van der Waals surface area contributed by atoms with E-state index < -0.39 is 11.2 Å². The minimum Gasteiger partial charge on any atom is -0.478 e. The molecule has 0 bridgehead atoms. The van der Waals surface area contributed by atoms with Gasteiger partial charge in [0.15, 0.2) is 5.17 Å². The molecule has 0 aromatic heterocycles. The number of amidine groups is 1. The molecule has 0 unspecified atom stereocenters. The zero-order valence-electron chi connectivity index (χ0n) is 19.7. The Balaban J connectivity index is 1.38. The molecular formula is C28H27N3O4S. The molecule has 1 saturated carbocycles. The number of anilines is 1. The highest BCUT2D eigenvalue weighted by Gasteiger charge is 2.43. The highest BCUT2D eigenvalue weighted by Crippen LogP contribution is 2.38. The molecule has 2 fully saturated rings. The number of nitrogens with zero attached hydrogens (tertiary/aromatic N) is 2. The van der Waals surface area contributed by atoms with Crippen LogP contribution in [0.25, 0.3) is 10.8 Å². The lowest BCUT2D eigenvalue weighted by Gasteiger charge is -2.30. The highest BCUT2D eigenvalue weighted by molar-refractivity contribution is 8.15. The van der Waals surface area contributed by atoms with Crippen molar-refractivity contribution in [3.63, 3.8) is 0 Å². The van der Waals surface area contributed by atoms with Crippen molar-refractivity contribution in [3.05, 3.63) is 72.3 Å². The molecule has 36 heavy (non-hydrogen) atoms. The molecule has 3 aromatic carbocycles. The van der Waals surface area contributed by atoms with Crippen LogP contribution in [0.2, 0.25) is 0 Å². The lowest BCUT2D eigenvalue weighted by Crippen LogP contribution is -2.42. The number of benzene rings is 3. The summed E-state index contributed by atoms with van der Waals surface area (Å²) in [6.45, 7) is 0. The summed E-state index contributed by atoms with van der Waals surface area (Å²) in [5.41, 5.74) is 1.45. The standard InChI is InChI=1S/C28H27N3O4S/c32-25(29-20-15-13-19(14-16-20)27(34)35)17-24-26(33)31(21-9-2-1-3-10-21)28(36-24)30-23-12-6-8-18-7-4-5-11-22(18)23/h4-8,11-16,21,24H,1-3,9-10,17H2,(H,29,32)(H,34,35)/t24-/m0/s1. The number of hydrogen-bond donors (Lipinski definition) is 2. The predicted molar refractivity (Wildman–Crippen MR) is 143 cm³/mol. The Kier molecular flexibility index (Phi) is 7.04. The average Bonchev–Trinajstić information content (AvgIpc) is 3.19. The Bertz CT molecular complexity index is 1330. The fourth-order valence-electron chi connectivity index (χ4n) is 4.85. The second-order valence-electron chi connectivity index (χ2n) is 9.13. The molecule has 0 spiro atoms. The molecule has 1 aliphatic heterocycles. The zero-order chi connectivity index (χ0) is 25.1. The van der Waals surface area contributed by atoms with Gasteiger partial charge < -0.3 is 10.4 Å². The molecule has 3 aromatic rings. The Morgan fingerprint density at radius 2 is 1.69 bits per heavy atom. The summed E-state index contributed by atoms with van der Waals surface area (Å²) in [5.74, 6) is -1.39. The number of nitrogens with one attached hydrogen (secondary N) is 1. The summed E-state index contributed by atoms with van der Waals surface area (Å²) in [5, 5.41) is 14.0. The highest BCUT2D eigenvalue weighted by atomic mass is 32.2. The fourth-order valence-corrected chi connectivity index (χ4v) is 6.06. The Labute approximate surface area is 213 Å². The van der Waals surface area contributed by atoms with Crippen molar-refractivity contribution in [2.45, 2.75) is 49.8 Å². The lowest BCUT2D eigenvalue weighted by molar-refractivity contribution is -0.130. The van der Waals surface area contributed by atoms with Crippen molar-refractivity contribution >= 4 is 56.9 Å². The van der Waals surface area contributed by atoms with Gasteiger partial charge in [-0.3, -0.25) is 14.5 Å². The third kappa shape index (κ3) is 5.14. The normalized spacial score (nSPS) is 19.7. The van der Waals surface area contributed by atoms with E-state index in [0.717, 1.165) is 42.1 Å². The maximum Gasteiger partial charge on any atom is 0.335 e. The summed E-state index contributed by atoms with van der Waals surface area (Å²) in [6, 6.07) is 20.1. The first-order valence-corrected chi connectivity index (χ1v) is 13.1. The van der Waals surface area contributed by atoms with Gasteiger partial charge in [-0.05, 0) is 48.6 Å². The molecule has 184 valence electrons. The fraction of sp³-hybridized carbons (Fsp3) is 0.286. The van der Waals surface area contributed by atoms with Crippen LogP contribution in [0.5, 0.6) is 0 Å². The summed E-state index contributed by atoms with van der Waals surface area (Å²) >= 11 is 1.36. The molecule has 1 atom stereocenters. The summed E-state index contributed by atoms with van der Waals surface area (Å²) < 4.78 is 0. The predicted octanol–water partition coefficient (Wildman–Crippen LogP) is 5.83. The summed E-state index contributed by atoms with van der Waals surface area (Å²) in [7, 11) is 0. The third-order valence-corrected chi connectivity index (χ3v) is 7.83. The van der Waals surface area contributed by atoms with Crippen LogP contribution in [-0.2, 0) is 9.59 Å². The number of aliphatic imine (C=N–C) groups is 1. The average molecular weight is 502 g/mol. The molecule has 1 heterocycles. The molecular weight excluding hydrogens is 474 g/mol. The van der Waals surface area contributed by atoms with Crippen molar-refractivity contribution in [1.82, 2.24) is 4.90 Å². The van der Waals surface area contributed by atoms with Crippen LogP contribution in [0.15, 0.2) is 71.7 Å². The number of hydrogen-bond acceptors (Lipinski definition) is 5. The Hall–Kier alpha value is -3.65. The first-order chi connectivity index (χ1) is 17.5. The smallest absolute Gasteiger partial charge is 0.335 e. The van der Waals surface area contributed by atoms with Crippen LogP contribution in [-0.4, -0.2) is 44.2 Å². The molecule has 7 nitrogen and oxygen atoms in total. The number of amides is 2. The van der Waals surface area contributed by atoms with Crippen molar-refractivity contribution in [1.29, 1.82) is 0 Å². The molecule has 2 aliphatic rings. The summed E-state index contributed by atoms with van der Waals surface area (Å²) in [6.07, 6.45) is 5.23. The largest absolute Gasteiger partial charge is 0.478 e. The minimum atomic E-state index is -1.03. The van der Waals surface area contributed by atoms with E-state index in [1.54, 1.807) is 12.1 Å². The van der Waals surface area contributed by atoms with E-state index in [-0.39, 0.29) is 29.8 Å². The minimum absolute atomic E-state index is 0.0158. The molecule has 2 N–H and O–H groups in total. The van der Waals surface area contributed by atoms with Gasteiger partial charge in [-0.1, -0.05) is 67.4 Å². The van der Waals surface area contributed by atoms with Gasteiger partial charge >= 0.3 is 5.97 Å². The Morgan fingerprint density at radius 3 is 2.44 bits per heavy atom. The molecule has 5 rings (SSSR count). The van der Waals surface area contributed by atoms with Crippen LogP contribution in [0, 0.1) is 0 Å². The molecule has 1 aliphatic carbocycles. The van der Waals surface area contributed by atoms with Crippen LogP contribution in [0.4, 0.5) is 11.4 Å². The van der Waals surface area contributed by atoms with E-state index >= 15 is 0 Å². The van der Waals surface area contributed by atoms with Gasteiger partial charge in [0, 0.05) is 23.5 Å². The van der Waals surface area contributed by atoms with E-state index in [2.05, 4.69) is 5.32 Å². The second-order valence-corrected chi connectivity index (χ2v) is 10.3. The van der Waals surface area contributed by atoms with Crippen molar-refractivity contribution in [3.8, 4) is 0 Å². The first-order valence-electron chi connectivity index (χ1n) is 12.2. The number of thioether (sulfide) groups is 1. The SMILES string of the molecule is O=C(C[C@@H]1SC(=Nc2cccc3ccccc23)N(C2CCCCC2)C1=O)Nc1ccc(C(=O)O)cc1. The van der Waals surface area contributed by atoms with Crippen LogP contribution >= 0.6 is 11.8 Å². The Morgan fingerprint density at radius 1 is 0.972 bits per heavy atom. The number of rotatable bonds is 6. The van der Waals surface area contributed by atoms with E-state index in [0.29, 0.717) is 10.9 Å². The number of aromatic carboxylic acids is 1. The quantitative estimate of drug-likeness (QED) is 0.443. The topological polar surface area (TPSA) is 99.1 Å². The number of carboxylic acids is 1. The van der Waals surface area contributed by atoms with Gasteiger partial charge in [0.1, 0.15) is 5.25 Å². The van der Waals surface area contributed by atoms with Gasteiger partial charge in [0.25, 0.3) is 0 Å². The van der Waals surface area contributed by atoms with E-state index in [1.807, 2.05) is 47.4 Å². The van der Waals surface area contributed by atoms with Gasteiger partial charge in [-0.25, -0.2) is 9.79 Å². The van der Waals surface area contributed by atoms with Gasteiger partial charge in [-0.15, -0.1) is 0 Å². The molecule has 8 heteroatoms. The van der Waals surface area contributed by atoms with Gasteiger partial charge in [-0.2, -0.15) is 0 Å². The van der Waals surface area contributed by atoms with E-state index in [4.69, 9.17) is 10.1 Å². The number of carbonyl (C=O) groups is 3. The molecule has 0 radical (unpaired) electrons. The van der Waals surface area contributed by atoms with E-state index in [9.17, 15) is 14.4 Å². The first kappa shape index (κ1) is 24.1. The maximum atomic E-state index is 13.6. The van der Waals surface area contributed by atoms with Crippen LogP contribution in [0.3, 0.4) is 0 Å². The monoisotopic (exact) mass is 501 g/mol. The molecule has 1 saturated heterocycles. The number of carboxylic acid groups (broad SMARTS) is 1. The number of carbonyl (C=O) groups excluding carboxylic acids is 2. The van der Waals surface area contributed by atoms with Crippen LogP contribution in [0.1, 0.15) is 48.9 Å². The van der Waals surface area contributed by atoms with E-state index in [1.165, 1.54) is 30.3 Å². The second kappa shape index (κ2) is 10.5. The van der Waals surface area contributed by atoms with Crippen molar-refractivity contribution in [2.24, 2.45) is 4.99 Å². The third-order valence-electron chi connectivity index (χ3n) is 6.68. The zero-order valence-corrected chi connectivity index (χ0v) is 20.5. The van der Waals surface area contributed by atoms with Gasteiger partial charge in [0.05, 0.1) is 11.3 Å². The maximum absolute atomic E-state index is 13.6. The van der Waals surface area contributed by atoms with Crippen molar-refractivity contribution in [2.75, 3.05) is 5.32 Å².